The first-order valence-electron chi connectivity index (χ1n) is 13.6. The Morgan fingerprint density at radius 3 is 2.15 bits per heavy atom. The predicted molar refractivity (Wildman–Crippen MR) is 135 cm³/mol. The van der Waals surface area contributed by atoms with E-state index in [1.54, 1.807) is 13.8 Å². The van der Waals surface area contributed by atoms with Crippen LogP contribution in [0.3, 0.4) is 0 Å². The smallest absolute Gasteiger partial charge is 0.138 e. The zero-order valence-corrected chi connectivity index (χ0v) is 22.6. The first kappa shape index (κ1) is 25.4. The first-order valence-corrected chi connectivity index (χ1v) is 13.6. The van der Waals surface area contributed by atoms with Crippen LogP contribution < -0.4 is 0 Å². The number of Topliss-reactive ketones (excluding diaryl/α,β-unsaturated/α-hetero) is 1. The highest BCUT2D eigenvalue weighted by Gasteiger charge is 2.69. The molecule has 0 heterocycles. The Morgan fingerprint density at radius 1 is 0.879 bits per heavy atom. The summed E-state index contributed by atoms with van der Waals surface area (Å²) in [7, 11) is 0. The molecule has 8 atom stereocenters. The molecule has 4 fully saturated rings. The van der Waals surface area contributed by atoms with Crippen molar-refractivity contribution >= 4 is 5.78 Å². The van der Waals surface area contributed by atoms with E-state index < -0.39 is 11.2 Å². The van der Waals surface area contributed by atoms with Crippen LogP contribution in [0.5, 0.6) is 0 Å². The summed E-state index contributed by atoms with van der Waals surface area (Å²) in [6.07, 6.45) is 13.3. The summed E-state index contributed by atoms with van der Waals surface area (Å²) in [5.74, 6) is 2.49. The molecular formula is C30H50O3. The number of fused-ring (bicyclic) bond motifs is 5. The van der Waals surface area contributed by atoms with Gasteiger partial charge in [-0.2, -0.15) is 0 Å². The van der Waals surface area contributed by atoms with Crippen LogP contribution in [0, 0.1) is 45.3 Å². The number of ketones is 1. The van der Waals surface area contributed by atoms with E-state index in [-0.39, 0.29) is 21.7 Å². The van der Waals surface area contributed by atoms with E-state index in [1.165, 1.54) is 32.1 Å². The Hall–Kier alpha value is -0.670. The lowest BCUT2D eigenvalue weighted by Crippen LogP contribution is -2.63. The molecular weight excluding hydrogens is 408 g/mol. The molecule has 0 unspecified atom stereocenters. The third-order valence-corrected chi connectivity index (χ3v) is 12.0. The number of aliphatic hydroxyl groups is 2. The van der Waals surface area contributed by atoms with Crippen LogP contribution in [0.15, 0.2) is 12.2 Å². The van der Waals surface area contributed by atoms with Crippen LogP contribution in [-0.4, -0.2) is 27.2 Å². The summed E-state index contributed by atoms with van der Waals surface area (Å²) in [4.78, 5) is 12.9. The zero-order valence-electron chi connectivity index (χ0n) is 22.6. The molecule has 3 heteroatoms. The number of carbonyl (C=O) groups excluding carboxylic acids is 1. The van der Waals surface area contributed by atoms with Crippen molar-refractivity contribution in [3.63, 3.8) is 0 Å². The largest absolute Gasteiger partial charge is 0.390 e. The number of carbonyl (C=O) groups is 1. The summed E-state index contributed by atoms with van der Waals surface area (Å²) in [5.41, 5.74) is -1.02. The fourth-order valence-electron chi connectivity index (χ4n) is 10.0. The predicted octanol–water partition coefficient (Wildman–Crippen LogP) is 6.71. The highest BCUT2D eigenvalue weighted by molar-refractivity contribution is 5.85. The molecule has 0 aromatic heterocycles. The second-order valence-corrected chi connectivity index (χ2v) is 14.6. The van der Waals surface area contributed by atoms with Crippen molar-refractivity contribution in [2.75, 3.05) is 0 Å². The van der Waals surface area contributed by atoms with Crippen LogP contribution >= 0.6 is 0 Å². The fraction of sp³-hybridized carbons (Fsp3) is 0.900. The molecule has 4 aliphatic carbocycles. The zero-order chi connectivity index (χ0) is 24.7. The molecule has 2 N–H and O–H groups in total. The van der Waals surface area contributed by atoms with Crippen LogP contribution in [-0.2, 0) is 4.79 Å². The normalized spacial score (nSPS) is 47.0. The molecule has 0 amide bonds. The van der Waals surface area contributed by atoms with Crippen molar-refractivity contribution in [2.24, 2.45) is 45.3 Å². The van der Waals surface area contributed by atoms with Crippen molar-refractivity contribution in [1.29, 1.82) is 0 Å². The van der Waals surface area contributed by atoms with E-state index in [9.17, 15) is 15.0 Å². The average Bonchev–Trinajstić information content (AvgIpc) is 3.03. The lowest BCUT2D eigenvalue weighted by Gasteiger charge is -2.69. The highest BCUT2D eigenvalue weighted by Crippen LogP contribution is 2.75. The lowest BCUT2D eigenvalue weighted by molar-refractivity contribution is -0.206. The van der Waals surface area contributed by atoms with Gasteiger partial charge in [0, 0.05) is 11.8 Å². The second-order valence-electron chi connectivity index (χ2n) is 14.6. The Balaban J connectivity index is 1.61. The van der Waals surface area contributed by atoms with Crippen molar-refractivity contribution in [3.05, 3.63) is 12.2 Å². The van der Waals surface area contributed by atoms with Crippen LogP contribution in [0.1, 0.15) is 113 Å². The molecule has 4 aliphatic rings. The van der Waals surface area contributed by atoms with Gasteiger partial charge in [0.25, 0.3) is 0 Å². The van der Waals surface area contributed by atoms with Gasteiger partial charge >= 0.3 is 0 Å². The van der Waals surface area contributed by atoms with Gasteiger partial charge in [-0.25, -0.2) is 0 Å². The molecule has 4 saturated carbocycles. The molecule has 0 bridgehead atoms. The third-order valence-electron chi connectivity index (χ3n) is 12.0. The second kappa shape index (κ2) is 7.66. The van der Waals surface area contributed by atoms with Gasteiger partial charge in [-0.3, -0.25) is 4.79 Å². The molecule has 0 spiro atoms. The van der Waals surface area contributed by atoms with Gasteiger partial charge in [-0.1, -0.05) is 46.8 Å². The van der Waals surface area contributed by atoms with Crippen molar-refractivity contribution in [1.82, 2.24) is 0 Å². The molecule has 0 aromatic carbocycles. The molecule has 0 aromatic rings. The summed E-state index contributed by atoms with van der Waals surface area (Å²) < 4.78 is 0. The van der Waals surface area contributed by atoms with E-state index in [0.29, 0.717) is 35.9 Å². The van der Waals surface area contributed by atoms with Crippen molar-refractivity contribution < 1.29 is 15.0 Å². The SMILES string of the molecule is CC(C)(O)C=CC[C@](C)(O)[C@H]1CC[C@]2(C)[C@@H]1CC[C@@H]1[C@@]3(C)CCC(=O)C(C)(C)[C@@H]3CC[C@]12C. The van der Waals surface area contributed by atoms with Gasteiger partial charge in [0.15, 0.2) is 0 Å². The highest BCUT2D eigenvalue weighted by atomic mass is 16.3. The first-order chi connectivity index (χ1) is 15.0. The molecule has 4 rings (SSSR count). The minimum atomic E-state index is -0.838. The van der Waals surface area contributed by atoms with E-state index in [1.807, 2.05) is 19.1 Å². The van der Waals surface area contributed by atoms with Crippen LogP contribution in [0.25, 0.3) is 0 Å². The van der Waals surface area contributed by atoms with Crippen molar-refractivity contribution in [3.8, 4) is 0 Å². The van der Waals surface area contributed by atoms with E-state index >= 15 is 0 Å². The summed E-state index contributed by atoms with van der Waals surface area (Å²) >= 11 is 0. The van der Waals surface area contributed by atoms with Gasteiger partial charge in [-0.05, 0) is 112 Å². The third kappa shape index (κ3) is 3.70. The van der Waals surface area contributed by atoms with E-state index in [4.69, 9.17) is 0 Å². The van der Waals surface area contributed by atoms with Gasteiger partial charge in [0.05, 0.1) is 11.2 Å². The molecule has 0 radical (unpaired) electrons. The number of hydrogen-bond acceptors (Lipinski definition) is 3. The standard InChI is InChI=1S/C30H50O3/c1-25(2,32)15-9-16-30(8,33)21-12-18-28(6)20(21)10-11-23-27(5)17-14-24(31)26(3,4)22(27)13-19-29(23,28)7/h9,15,20-23,32-33H,10-14,16-19H2,1-8H3/t20-,21+,22+,23-,27+,28-,29-,30+/m1/s1. The average molecular weight is 459 g/mol. The Kier molecular flexibility index (Phi) is 5.90. The van der Waals surface area contributed by atoms with Crippen LogP contribution in [0.2, 0.25) is 0 Å². The summed E-state index contributed by atoms with van der Waals surface area (Å²) in [5, 5.41) is 21.7. The van der Waals surface area contributed by atoms with E-state index in [0.717, 1.165) is 19.3 Å². The summed E-state index contributed by atoms with van der Waals surface area (Å²) in [6, 6.07) is 0. The van der Waals surface area contributed by atoms with Gasteiger partial charge in [0.2, 0.25) is 0 Å². The Bertz CT molecular complexity index is 817. The fourth-order valence-corrected chi connectivity index (χ4v) is 10.0. The molecule has 3 nitrogen and oxygen atoms in total. The minimum absolute atomic E-state index is 0.194. The Morgan fingerprint density at radius 2 is 1.52 bits per heavy atom. The summed E-state index contributed by atoms with van der Waals surface area (Å²) in [6.45, 7) is 17.7. The number of rotatable bonds is 4. The number of hydrogen-bond donors (Lipinski definition) is 2. The van der Waals surface area contributed by atoms with Gasteiger partial charge < -0.3 is 10.2 Å². The minimum Gasteiger partial charge on any atom is -0.390 e. The van der Waals surface area contributed by atoms with Crippen LogP contribution in [0.4, 0.5) is 0 Å². The molecule has 188 valence electrons. The van der Waals surface area contributed by atoms with Gasteiger partial charge in [0.1, 0.15) is 5.78 Å². The van der Waals surface area contributed by atoms with Crippen molar-refractivity contribution in [2.45, 2.75) is 124 Å². The maximum atomic E-state index is 12.9. The maximum Gasteiger partial charge on any atom is 0.138 e. The lowest BCUT2D eigenvalue weighted by atomic mass is 9.35. The molecule has 0 aliphatic heterocycles. The topological polar surface area (TPSA) is 57.5 Å². The van der Waals surface area contributed by atoms with E-state index in [2.05, 4.69) is 34.6 Å². The monoisotopic (exact) mass is 458 g/mol. The molecule has 0 saturated heterocycles. The Labute approximate surface area is 202 Å². The van der Waals surface area contributed by atoms with Gasteiger partial charge in [-0.15, -0.1) is 0 Å². The quantitative estimate of drug-likeness (QED) is 0.460. The molecule has 33 heavy (non-hydrogen) atoms. The maximum absolute atomic E-state index is 12.9.